The molecule has 0 atom stereocenters. The predicted molar refractivity (Wildman–Crippen MR) is 82.0 cm³/mol. The highest BCUT2D eigenvalue weighted by Gasteiger charge is 2.28. The van der Waals surface area contributed by atoms with Gasteiger partial charge in [0, 0.05) is 22.4 Å². The highest BCUT2D eigenvalue weighted by molar-refractivity contribution is 7.17. The summed E-state index contributed by atoms with van der Waals surface area (Å²) in [7, 11) is 0. The van der Waals surface area contributed by atoms with Crippen molar-refractivity contribution in [3.05, 3.63) is 35.5 Å². The van der Waals surface area contributed by atoms with Crippen molar-refractivity contribution in [1.29, 1.82) is 0 Å². The van der Waals surface area contributed by atoms with Crippen LogP contribution in [-0.2, 0) is 10.3 Å². The average Bonchev–Trinajstić information content (AvgIpc) is 3.03. The zero-order valence-electron chi connectivity index (χ0n) is 12.0. The van der Waals surface area contributed by atoms with Crippen molar-refractivity contribution >= 4 is 27.3 Å². The van der Waals surface area contributed by atoms with E-state index >= 15 is 0 Å². The Kier molecular flexibility index (Phi) is 3.25. The van der Waals surface area contributed by atoms with Gasteiger partial charge in [-0.05, 0) is 19.9 Å². The summed E-state index contributed by atoms with van der Waals surface area (Å²) in [4.78, 5) is 15.7. The van der Waals surface area contributed by atoms with Gasteiger partial charge in [0.15, 0.2) is 5.82 Å². The average molecular weight is 301 g/mol. The van der Waals surface area contributed by atoms with Crippen molar-refractivity contribution in [2.24, 2.45) is 0 Å². The highest BCUT2D eigenvalue weighted by atomic mass is 32.1. The summed E-state index contributed by atoms with van der Waals surface area (Å²) in [6.07, 6.45) is 0. The van der Waals surface area contributed by atoms with E-state index in [9.17, 15) is 4.79 Å². The van der Waals surface area contributed by atoms with Crippen molar-refractivity contribution in [3.63, 3.8) is 0 Å². The number of carbonyl (C=O) groups is 1. The first-order chi connectivity index (χ1) is 9.97. The summed E-state index contributed by atoms with van der Waals surface area (Å²) in [5, 5.41) is 9.92. The molecule has 1 amide bonds. The molecular formula is C15H15N3O2S. The van der Waals surface area contributed by atoms with Gasteiger partial charge in [-0.15, -0.1) is 11.3 Å². The standard InChI is InChI=1S/C15H15N3O2S/c1-9(19)17-15(2,3)14-16-13(20-18-14)11-8-21-12-7-5-4-6-10(11)12/h4-8H,1-3H3,(H,17,19). The molecule has 3 rings (SSSR count). The summed E-state index contributed by atoms with van der Waals surface area (Å²) in [5.41, 5.74) is 0.257. The van der Waals surface area contributed by atoms with Crippen molar-refractivity contribution in [3.8, 4) is 11.5 Å². The summed E-state index contributed by atoms with van der Waals surface area (Å²) in [6, 6.07) is 8.07. The lowest BCUT2D eigenvalue weighted by Crippen LogP contribution is -2.40. The Labute approximate surface area is 126 Å². The largest absolute Gasteiger partial charge is 0.344 e. The molecule has 0 aliphatic carbocycles. The van der Waals surface area contributed by atoms with Crippen LogP contribution < -0.4 is 5.32 Å². The summed E-state index contributed by atoms with van der Waals surface area (Å²) in [5.74, 6) is 0.802. The van der Waals surface area contributed by atoms with Gasteiger partial charge < -0.3 is 9.84 Å². The minimum atomic E-state index is -0.667. The van der Waals surface area contributed by atoms with Crippen LogP contribution in [0.1, 0.15) is 26.6 Å². The van der Waals surface area contributed by atoms with E-state index in [4.69, 9.17) is 4.52 Å². The lowest BCUT2D eigenvalue weighted by atomic mass is 10.1. The maximum absolute atomic E-state index is 11.2. The van der Waals surface area contributed by atoms with E-state index in [0.29, 0.717) is 11.7 Å². The fourth-order valence-corrected chi connectivity index (χ4v) is 3.16. The number of rotatable bonds is 3. The fourth-order valence-electron chi connectivity index (χ4n) is 2.23. The van der Waals surface area contributed by atoms with E-state index in [-0.39, 0.29) is 5.91 Å². The molecule has 0 bridgehead atoms. The van der Waals surface area contributed by atoms with Crippen LogP contribution in [0.15, 0.2) is 34.2 Å². The molecular weight excluding hydrogens is 286 g/mol. The number of nitrogens with one attached hydrogen (secondary N) is 1. The quantitative estimate of drug-likeness (QED) is 0.805. The van der Waals surface area contributed by atoms with E-state index < -0.39 is 5.54 Å². The molecule has 5 nitrogen and oxygen atoms in total. The van der Waals surface area contributed by atoms with Gasteiger partial charge in [0.05, 0.1) is 11.1 Å². The van der Waals surface area contributed by atoms with Gasteiger partial charge in [-0.2, -0.15) is 4.98 Å². The Balaban J connectivity index is 2.00. The number of thiophene rings is 1. The highest BCUT2D eigenvalue weighted by Crippen LogP contribution is 2.33. The molecule has 0 radical (unpaired) electrons. The zero-order valence-corrected chi connectivity index (χ0v) is 12.8. The van der Waals surface area contributed by atoms with Gasteiger partial charge in [0.2, 0.25) is 5.91 Å². The molecule has 108 valence electrons. The number of amides is 1. The topological polar surface area (TPSA) is 68.0 Å². The van der Waals surface area contributed by atoms with Crippen LogP contribution in [0.25, 0.3) is 21.5 Å². The minimum absolute atomic E-state index is 0.132. The lowest BCUT2D eigenvalue weighted by Gasteiger charge is -2.20. The first-order valence-electron chi connectivity index (χ1n) is 6.57. The molecule has 0 saturated carbocycles. The molecule has 3 aromatic rings. The van der Waals surface area contributed by atoms with Crippen LogP contribution in [0.3, 0.4) is 0 Å². The molecule has 0 fully saturated rings. The molecule has 0 spiro atoms. The summed E-state index contributed by atoms with van der Waals surface area (Å²) >= 11 is 1.64. The smallest absolute Gasteiger partial charge is 0.259 e. The second-order valence-electron chi connectivity index (χ2n) is 5.37. The zero-order chi connectivity index (χ0) is 15.0. The molecule has 0 unspecified atom stereocenters. The van der Waals surface area contributed by atoms with Crippen LogP contribution >= 0.6 is 11.3 Å². The van der Waals surface area contributed by atoms with Crippen LogP contribution in [0.5, 0.6) is 0 Å². The molecule has 0 aliphatic heterocycles. The van der Waals surface area contributed by atoms with E-state index in [2.05, 4.69) is 21.5 Å². The number of aromatic nitrogens is 2. The van der Waals surface area contributed by atoms with Gasteiger partial charge >= 0.3 is 0 Å². The van der Waals surface area contributed by atoms with Gasteiger partial charge in [0.1, 0.15) is 0 Å². The fraction of sp³-hybridized carbons (Fsp3) is 0.267. The van der Waals surface area contributed by atoms with E-state index in [0.717, 1.165) is 10.9 Å². The van der Waals surface area contributed by atoms with Crippen molar-refractivity contribution in [1.82, 2.24) is 15.5 Å². The summed E-state index contributed by atoms with van der Waals surface area (Å²) < 4.78 is 6.55. The maximum atomic E-state index is 11.2. The molecule has 6 heteroatoms. The monoisotopic (exact) mass is 301 g/mol. The second kappa shape index (κ2) is 4.96. The molecule has 2 aromatic heterocycles. The third-order valence-corrected chi connectivity index (χ3v) is 4.15. The third kappa shape index (κ3) is 2.54. The summed E-state index contributed by atoms with van der Waals surface area (Å²) in [6.45, 7) is 5.15. The lowest BCUT2D eigenvalue weighted by molar-refractivity contribution is -0.120. The van der Waals surface area contributed by atoms with Gasteiger partial charge in [-0.25, -0.2) is 0 Å². The number of hydrogen-bond donors (Lipinski definition) is 1. The van der Waals surface area contributed by atoms with Gasteiger partial charge in [0.25, 0.3) is 5.89 Å². The number of nitrogens with zero attached hydrogens (tertiary/aromatic N) is 2. The SMILES string of the molecule is CC(=O)NC(C)(C)c1noc(-c2csc3ccccc23)n1. The molecule has 1 aromatic carbocycles. The molecule has 1 N–H and O–H groups in total. The van der Waals surface area contributed by atoms with E-state index in [1.54, 1.807) is 11.3 Å². The van der Waals surface area contributed by atoms with E-state index in [1.165, 1.54) is 11.6 Å². The molecule has 0 aliphatic rings. The number of carbonyl (C=O) groups excluding carboxylic acids is 1. The molecule has 2 heterocycles. The van der Waals surface area contributed by atoms with Crippen molar-refractivity contribution in [2.45, 2.75) is 26.3 Å². The Bertz CT molecular complexity index is 804. The Morgan fingerprint density at radius 3 is 2.86 bits per heavy atom. The minimum Gasteiger partial charge on any atom is -0.344 e. The van der Waals surface area contributed by atoms with E-state index in [1.807, 2.05) is 37.4 Å². The van der Waals surface area contributed by atoms with Gasteiger partial charge in [-0.3, -0.25) is 4.79 Å². The molecule has 0 saturated heterocycles. The molecule has 21 heavy (non-hydrogen) atoms. The van der Waals surface area contributed by atoms with Crippen LogP contribution in [0.2, 0.25) is 0 Å². The van der Waals surface area contributed by atoms with Crippen LogP contribution in [0.4, 0.5) is 0 Å². The second-order valence-corrected chi connectivity index (χ2v) is 6.29. The Morgan fingerprint density at radius 1 is 1.33 bits per heavy atom. The number of hydrogen-bond acceptors (Lipinski definition) is 5. The normalized spacial score (nSPS) is 11.8. The Morgan fingerprint density at radius 2 is 2.10 bits per heavy atom. The number of fused-ring (bicyclic) bond motifs is 1. The Hall–Kier alpha value is -2.21. The first-order valence-corrected chi connectivity index (χ1v) is 7.45. The predicted octanol–water partition coefficient (Wildman–Crippen LogP) is 3.32. The third-order valence-electron chi connectivity index (χ3n) is 3.18. The van der Waals surface area contributed by atoms with Gasteiger partial charge in [-0.1, -0.05) is 23.4 Å². The number of benzene rings is 1. The maximum Gasteiger partial charge on any atom is 0.259 e. The van der Waals surface area contributed by atoms with Crippen molar-refractivity contribution < 1.29 is 9.32 Å². The first kappa shape index (κ1) is 13.8. The van der Waals surface area contributed by atoms with Crippen LogP contribution in [0, 0.1) is 0 Å². The van der Waals surface area contributed by atoms with Crippen molar-refractivity contribution in [2.75, 3.05) is 0 Å². The van der Waals surface area contributed by atoms with Crippen LogP contribution in [-0.4, -0.2) is 16.0 Å².